The van der Waals surface area contributed by atoms with Gasteiger partial charge in [0.2, 0.25) is 0 Å². The molecule has 3 nitrogen and oxygen atoms in total. The minimum atomic E-state index is -4.30. The van der Waals surface area contributed by atoms with Gasteiger partial charge in [-0.15, -0.1) is 0 Å². The molecule has 1 heterocycles. The van der Waals surface area contributed by atoms with Gasteiger partial charge in [0.05, 0.1) is 0 Å². The Bertz CT molecular complexity index is 386. The van der Waals surface area contributed by atoms with Crippen LogP contribution in [0.5, 0.6) is 0 Å². The third-order valence-corrected chi connectivity index (χ3v) is 3.28. The molecule has 1 saturated heterocycles. The van der Waals surface area contributed by atoms with E-state index >= 15 is 0 Å². The smallest absolute Gasteiger partial charge is 0.304 e. The second-order valence-corrected chi connectivity index (χ2v) is 4.80. The molecule has 0 aliphatic carbocycles. The fourth-order valence-electron chi connectivity index (χ4n) is 2.10. The lowest BCUT2D eigenvalue weighted by Gasteiger charge is -2.36. The van der Waals surface area contributed by atoms with E-state index in [1.807, 2.05) is 7.05 Å². The first-order chi connectivity index (χ1) is 8.97. The molecule has 2 rings (SSSR count). The van der Waals surface area contributed by atoms with Crippen LogP contribution in [-0.4, -0.2) is 49.3 Å². The summed E-state index contributed by atoms with van der Waals surface area (Å²) in [6.07, 6.45) is -4.30. The second kappa shape index (κ2) is 5.90. The Hall–Kier alpha value is -1.11. The number of rotatable bonds is 3. The molecule has 106 valence electrons. The van der Waals surface area contributed by atoms with Crippen molar-refractivity contribution in [3.05, 3.63) is 35.9 Å². The number of nitrogens with one attached hydrogen (secondary N) is 1. The van der Waals surface area contributed by atoms with Gasteiger partial charge in [-0.25, -0.2) is 10.4 Å². The molecule has 1 atom stereocenters. The second-order valence-electron chi connectivity index (χ2n) is 4.80. The van der Waals surface area contributed by atoms with Crippen molar-refractivity contribution in [2.45, 2.75) is 12.2 Å². The van der Waals surface area contributed by atoms with Gasteiger partial charge < -0.3 is 4.90 Å². The third-order valence-electron chi connectivity index (χ3n) is 3.28. The maximum absolute atomic E-state index is 13.1. The highest BCUT2D eigenvalue weighted by atomic mass is 19.4. The molecule has 0 amide bonds. The van der Waals surface area contributed by atoms with Gasteiger partial charge in [0.1, 0.15) is 6.04 Å². The Morgan fingerprint density at radius 1 is 1.05 bits per heavy atom. The van der Waals surface area contributed by atoms with Crippen molar-refractivity contribution in [3.8, 4) is 0 Å². The predicted molar refractivity (Wildman–Crippen MR) is 67.4 cm³/mol. The van der Waals surface area contributed by atoms with E-state index in [4.69, 9.17) is 0 Å². The molecule has 1 unspecified atom stereocenters. The van der Waals surface area contributed by atoms with Crippen LogP contribution in [0.4, 0.5) is 13.2 Å². The Kier molecular flexibility index (Phi) is 4.44. The minimum absolute atomic E-state index is 0.244. The van der Waals surface area contributed by atoms with Crippen LogP contribution >= 0.6 is 0 Å². The van der Waals surface area contributed by atoms with Crippen molar-refractivity contribution in [1.82, 2.24) is 15.3 Å². The summed E-state index contributed by atoms with van der Waals surface area (Å²) in [6, 6.07) is 6.33. The SMILES string of the molecule is CN1CCN(NC(c2ccccc2)C(F)(F)F)CC1. The maximum Gasteiger partial charge on any atom is 0.409 e. The van der Waals surface area contributed by atoms with Crippen LogP contribution in [-0.2, 0) is 0 Å². The van der Waals surface area contributed by atoms with E-state index in [0.717, 1.165) is 13.1 Å². The van der Waals surface area contributed by atoms with Gasteiger partial charge in [-0.05, 0) is 12.6 Å². The van der Waals surface area contributed by atoms with Crippen LogP contribution < -0.4 is 5.43 Å². The standard InChI is InChI=1S/C13H18F3N3/c1-18-7-9-19(10-8-18)17-12(13(14,15)16)11-5-3-2-4-6-11/h2-6,12,17H,7-10H2,1H3. The van der Waals surface area contributed by atoms with Gasteiger partial charge in [0.25, 0.3) is 0 Å². The van der Waals surface area contributed by atoms with E-state index in [0.29, 0.717) is 13.1 Å². The Labute approximate surface area is 111 Å². The minimum Gasteiger partial charge on any atom is -0.304 e. The van der Waals surface area contributed by atoms with E-state index in [1.54, 1.807) is 23.2 Å². The summed E-state index contributed by atoms with van der Waals surface area (Å²) in [6.45, 7) is 2.73. The van der Waals surface area contributed by atoms with Gasteiger partial charge in [0, 0.05) is 26.2 Å². The number of piperazine rings is 1. The average molecular weight is 273 g/mol. The highest BCUT2D eigenvalue weighted by molar-refractivity contribution is 5.20. The largest absolute Gasteiger partial charge is 0.409 e. The molecule has 0 spiro atoms. The molecule has 0 aromatic heterocycles. The molecule has 19 heavy (non-hydrogen) atoms. The fourth-order valence-corrected chi connectivity index (χ4v) is 2.10. The highest BCUT2D eigenvalue weighted by Gasteiger charge is 2.41. The van der Waals surface area contributed by atoms with Gasteiger partial charge >= 0.3 is 6.18 Å². The first-order valence-corrected chi connectivity index (χ1v) is 6.28. The summed E-state index contributed by atoms with van der Waals surface area (Å²) in [5.41, 5.74) is 2.86. The number of benzene rings is 1. The zero-order chi connectivity index (χ0) is 13.9. The van der Waals surface area contributed by atoms with Crippen LogP contribution in [0.3, 0.4) is 0 Å². The molecule has 1 fully saturated rings. The number of hydrazine groups is 1. The van der Waals surface area contributed by atoms with Crippen LogP contribution in [0.15, 0.2) is 30.3 Å². The average Bonchev–Trinajstić information content (AvgIpc) is 2.37. The molecule has 1 aromatic rings. The summed E-state index contributed by atoms with van der Waals surface area (Å²) in [4.78, 5) is 2.10. The number of alkyl halides is 3. The molecular formula is C13H18F3N3. The van der Waals surface area contributed by atoms with Crippen molar-refractivity contribution < 1.29 is 13.2 Å². The normalized spacial score (nSPS) is 20.4. The Morgan fingerprint density at radius 3 is 2.16 bits per heavy atom. The van der Waals surface area contributed by atoms with Crippen molar-refractivity contribution in [2.24, 2.45) is 0 Å². The predicted octanol–water partition coefficient (Wildman–Crippen LogP) is 2.04. The summed E-state index contributed by atoms with van der Waals surface area (Å²) in [7, 11) is 1.97. The molecule has 0 saturated carbocycles. The summed E-state index contributed by atoms with van der Waals surface area (Å²) >= 11 is 0. The van der Waals surface area contributed by atoms with Crippen LogP contribution in [0.25, 0.3) is 0 Å². The molecule has 6 heteroatoms. The van der Waals surface area contributed by atoms with Gasteiger partial charge in [0.15, 0.2) is 0 Å². The number of hydrogen-bond acceptors (Lipinski definition) is 3. The van der Waals surface area contributed by atoms with E-state index in [1.165, 1.54) is 12.1 Å². The van der Waals surface area contributed by atoms with E-state index in [-0.39, 0.29) is 5.56 Å². The lowest BCUT2D eigenvalue weighted by atomic mass is 10.1. The van der Waals surface area contributed by atoms with Gasteiger partial charge in [-0.1, -0.05) is 30.3 Å². The topological polar surface area (TPSA) is 18.5 Å². The summed E-state index contributed by atoms with van der Waals surface area (Å²) in [5.74, 6) is 0. The number of nitrogens with zero attached hydrogens (tertiary/aromatic N) is 2. The third kappa shape index (κ3) is 3.92. The maximum atomic E-state index is 13.1. The first-order valence-electron chi connectivity index (χ1n) is 6.28. The van der Waals surface area contributed by atoms with Gasteiger partial charge in [-0.2, -0.15) is 13.2 Å². The zero-order valence-electron chi connectivity index (χ0n) is 10.8. The molecule has 1 aromatic carbocycles. The molecular weight excluding hydrogens is 255 g/mol. The Balaban J connectivity index is 2.07. The van der Waals surface area contributed by atoms with Crippen LogP contribution in [0, 0.1) is 0 Å². The van der Waals surface area contributed by atoms with Gasteiger partial charge in [-0.3, -0.25) is 0 Å². The number of hydrogen-bond donors (Lipinski definition) is 1. The molecule has 1 aliphatic rings. The number of likely N-dealkylation sites (N-methyl/N-ethyl adjacent to an activating group) is 1. The van der Waals surface area contributed by atoms with E-state index in [2.05, 4.69) is 10.3 Å². The van der Waals surface area contributed by atoms with Crippen LogP contribution in [0.2, 0.25) is 0 Å². The Morgan fingerprint density at radius 2 is 1.63 bits per heavy atom. The molecule has 1 aliphatic heterocycles. The first kappa shape index (κ1) is 14.3. The monoisotopic (exact) mass is 273 g/mol. The summed E-state index contributed by atoms with van der Waals surface area (Å²) in [5, 5.41) is 1.66. The van der Waals surface area contributed by atoms with Crippen molar-refractivity contribution in [3.63, 3.8) is 0 Å². The van der Waals surface area contributed by atoms with Crippen LogP contribution in [0.1, 0.15) is 11.6 Å². The van der Waals surface area contributed by atoms with Crippen molar-refractivity contribution in [1.29, 1.82) is 0 Å². The lowest BCUT2D eigenvalue weighted by molar-refractivity contribution is -0.172. The summed E-state index contributed by atoms with van der Waals surface area (Å²) < 4.78 is 39.4. The molecule has 1 N–H and O–H groups in total. The zero-order valence-corrected chi connectivity index (χ0v) is 10.8. The van der Waals surface area contributed by atoms with E-state index in [9.17, 15) is 13.2 Å². The quantitative estimate of drug-likeness (QED) is 0.909. The highest BCUT2D eigenvalue weighted by Crippen LogP contribution is 2.32. The van der Waals surface area contributed by atoms with Crippen molar-refractivity contribution >= 4 is 0 Å². The van der Waals surface area contributed by atoms with E-state index < -0.39 is 12.2 Å². The fraction of sp³-hybridized carbons (Fsp3) is 0.538. The molecule has 0 bridgehead atoms. The number of halogens is 3. The van der Waals surface area contributed by atoms with Crippen molar-refractivity contribution in [2.75, 3.05) is 33.2 Å². The lowest BCUT2D eigenvalue weighted by Crippen LogP contribution is -2.53. The molecule has 0 radical (unpaired) electrons.